The Morgan fingerprint density at radius 1 is 1.13 bits per heavy atom. The van der Waals surface area contributed by atoms with Gasteiger partial charge in [0.05, 0.1) is 16.9 Å². The number of nitrogen functional groups attached to an aromatic ring is 1. The number of fused-ring (bicyclic) bond motifs is 1. The van der Waals surface area contributed by atoms with Gasteiger partial charge in [-0.25, -0.2) is 4.67 Å². The fourth-order valence-corrected chi connectivity index (χ4v) is 8.74. The molecule has 4 nitrogen and oxygen atoms in total. The van der Waals surface area contributed by atoms with E-state index >= 15 is 0 Å². The van der Waals surface area contributed by atoms with Gasteiger partial charge in [-0.1, -0.05) is 32.9 Å². The number of rotatable bonds is 6. The zero-order chi connectivity index (χ0) is 28.7. The van der Waals surface area contributed by atoms with E-state index in [4.69, 9.17) is 5.73 Å². The van der Waals surface area contributed by atoms with Crippen molar-refractivity contribution in [3.63, 3.8) is 0 Å². The summed E-state index contributed by atoms with van der Waals surface area (Å²) in [5, 5.41) is 3.68. The molecule has 0 saturated heterocycles. The first-order chi connectivity index (χ1) is 18.2. The Hall–Kier alpha value is -2.28. The minimum atomic E-state index is -4.46. The lowest BCUT2D eigenvalue weighted by molar-refractivity contribution is -0.137. The van der Waals surface area contributed by atoms with Crippen molar-refractivity contribution >= 4 is 36.0 Å². The molecular formula is C30H39F3N3OPS. The highest BCUT2D eigenvalue weighted by Crippen LogP contribution is 2.47. The standard InChI is InChI=1S/C30H39F3N3OPS/c1-7-35-24-13-12-23(18(2)28(24)34)27(29(4,5)6)26-15-21(19(3)39-26)17-36-14-8-9-20-10-11-22(30(31,32)33)16-25(20)38(36)37/h10-13,15-16,27,35,38H,7-9,14,17,34H2,1-6H3. The highest BCUT2D eigenvalue weighted by molar-refractivity contribution is 7.51. The van der Waals surface area contributed by atoms with Crippen molar-refractivity contribution in [2.45, 2.75) is 73.0 Å². The molecule has 212 valence electrons. The van der Waals surface area contributed by atoms with Gasteiger partial charge < -0.3 is 15.6 Å². The number of nitrogens with one attached hydrogen (secondary N) is 1. The van der Waals surface area contributed by atoms with Crippen molar-refractivity contribution in [2.24, 2.45) is 5.41 Å². The number of alkyl halides is 3. The molecule has 1 aliphatic rings. The Morgan fingerprint density at radius 3 is 2.49 bits per heavy atom. The third kappa shape index (κ3) is 6.23. The number of benzene rings is 2. The van der Waals surface area contributed by atoms with Crippen LogP contribution in [0.2, 0.25) is 0 Å². The molecule has 1 aromatic heterocycles. The Bertz CT molecular complexity index is 1380. The van der Waals surface area contributed by atoms with E-state index in [2.05, 4.69) is 58.1 Å². The van der Waals surface area contributed by atoms with E-state index in [1.54, 1.807) is 11.3 Å². The first kappa shape index (κ1) is 29.7. The van der Waals surface area contributed by atoms with E-state index in [1.165, 1.54) is 16.5 Å². The van der Waals surface area contributed by atoms with Crippen LogP contribution in [-0.2, 0) is 23.7 Å². The quantitative estimate of drug-likeness (QED) is 0.229. The predicted octanol–water partition coefficient (Wildman–Crippen LogP) is 8.12. The summed E-state index contributed by atoms with van der Waals surface area (Å²) in [4.78, 5) is 2.35. The summed E-state index contributed by atoms with van der Waals surface area (Å²) >= 11 is 1.74. The van der Waals surface area contributed by atoms with Crippen molar-refractivity contribution in [3.05, 3.63) is 74.0 Å². The molecule has 0 fully saturated rings. The second-order valence-electron chi connectivity index (χ2n) is 11.5. The van der Waals surface area contributed by atoms with Crippen LogP contribution in [0.1, 0.15) is 77.6 Å². The van der Waals surface area contributed by atoms with Gasteiger partial charge in [-0.05, 0) is 85.5 Å². The van der Waals surface area contributed by atoms with Gasteiger partial charge >= 0.3 is 6.18 Å². The van der Waals surface area contributed by atoms with E-state index in [1.807, 2.05) is 11.6 Å². The van der Waals surface area contributed by atoms with Gasteiger partial charge in [-0.2, -0.15) is 13.2 Å². The fourth-order valence-electron chi connectivity index (χ4n) is 5.55. The van der Waals surface area contributed by atoms with Crippen LogP contribution in [0.4, 0.5) is 24.5 Å². The number of hydrogen-bond acceptors (Lipinski definition) is 4. The second kappa shape index (κ2) is 11.3. The molecule has 3 N–H and O–H groups in total. The van der Waals surface area contributed by atoms with Gasteiger partial charge in [0.15, 0.2) is 7.95 Å². The van der Waals surface area contributed by atoms with Crippen LogP contribution in [0.3, 0.4) is 0 Å². The molecule has 2 heterocycles. The summed E-state index contributed by atoms with van der Waals surface area (Å²) in [6.07, 6.45) is -3.07. The number of anilines is 2. The van der Waals surface area contributed by atoms with Crippen LogP contribution in [0, 0.1) is 19.3 Å². The summed E-state index contributed by atoms with van der Waals surface area (Å²) in [7, 11) is -2.57. The molecule has 4 rings (SSSR count). The lowest BCUT2D eigenvalue weighted by Gasteiger charge is -2.32. The molecular weight excluding hydrogens is 538 g/mol. The highest BCUT2D eigenvalue weighted by Gasteiger charge is 2.34. The summed E-state index contributed by atoms with van der Waals surface area (Å²) in [6.45, 7) is 14.7. The minimum absolute atomic E-state index is 0.0888. The van der Waals surface area contributed by atoms with Crippen LogP contribution < -0.4 is 16.4 Å². The molecule has 9 heteroatoms. The van der Waals surface area contributed by atoms with Crippen molar-refractivity contribution in [1.29, 1.82) is 0 Å². The van der Waals surface area contributed by atoms with E-state index in [0.29, 0.717) is 24.8 Å². The predicted molar refractivity (Wildman–Crippen MR) is 159 cm³/mol. The smallest absolute Gasteiger partial charge is 0.397 e. The molecule has 1 aliphatic heterocycles. The first-order valence-corrected chi connectivity index (χ1v) is 15.6. The van der Waals surface area contributed by atoms with Crippen molar-refractivity contribution in [2.75, 3.05) is 24.1 Å². The average molecular weight is 578 g/mol. The third-order valence-corrected chi connectivity index (χ3v) is 10.7. The molecule has 0 saturated carbocycles. The normalized spacial score (nSPS) is 17.5. The van der Waals surface area contributed by atoms with Crippen LogP contribution in [-0.4, -0.2) is 17.8 Å². The SMILES string of the molecule is CCNc1ccc(C(c2cc(CN3CCCc4ccc(C(F)(F)F)cc4[PH]3=O)c(C)s2)C(C)(C)C)c(C)c1N. The molecule has 39 heavy (non-hydrogen) atoms. The zero-order valence-corrected chi connectivity index (χ0v) is 25.4. The minimum Gasteiger partial charge on any atom is -0.397 e. The molecule has 2 unspecified atom stereocenters. The number of hydrogen-bond donors (Lipinski definition) is 2. The molecule has 0 bridgehead atoms. The molecule has 3 aromatic rings. The van der Waals surface area contributed by atoms with Gasteiger partial charge in [0, 0.05) is 40.6 Å². The molecule has 0 radical (unpaired) electrons. The highest BCUT2D eigenvalue weighted by atomic mass is 32.1. The van der Waals surface area contributed by atoms with Gasteiger partial charge in [0.1, 0.15) is 0 Å². The van der Waals surface area contributed by atoms with Crippen LogP contribution in [0.25, 0.3) is 0 Å². The Kier molecular flexibility index (Phi) is 8.61. The molecule has 0 aliphatic carbocycles. The Labute approximate surface area is 234 Å². The second-order valence-corrected chi connectivity index (χ2v) is 14.6. The lowest BCUT2D eigenvalue weighted by Crippen LogP contribution is -2.21. The monoisotopic (exact) mass is 577 g/mol. The lowest BCUT2D eigenvalue weighted by atomic mass is 9.74. The van der Waals surface area contributed by atoms with Gasteiger partial charge in [-0.3, -0.25) is 0 Å². The number of halogens is 3. The number of nitrogens with zero attached hydrogens (tertiary/aromatic N) is 1. The third-order valence-electron chi connectivity index (χ3n) is 7.62. The average Bonchev–Trinajstić information content (AvgIpc) is 3.12. The van der Waals surface area contributed by atoms with E-state index < -0.39 is 19.7 Å². The first-order valence-electron chi connectivity index (χ1n) is 13.4. The molecule has 2 aromatic carbocycles. The van der Waals surface area contributed by atoms with Crippen molar-refractivity contribution in [3.8, 4) is 0 Å². The summed E-state index contributed by atoms with van der Waals surface area (Å²) in [5.74, 6) is 0.101. The number of nitrogens with two attached hydrogens (primary N) is 1. The summed E-state index contributed by atoms with van der Waals surface area (Å²) in [6, 6.07) is 10.1. The van der Waals surface area contributed by atoms with E-state index in [0.717, 1.165) is 58.0 Å². The number of aryl methyl sites for hydroxylation is 2. The zero-order valence-electron chi connectivity index (χ0n) is 23.6. The summed E-state index contributed by atoms with van der Waals surface area (Å²) < 4.78 is 55.7. The van der Waals surface area contributed by atoms with E-state index in [-0.39, 0.29) is 11.3 Å². The topological polar surface area (TPSA) is 58.4 Å². The van der Waals surface area contributed by atoms with Crippen molar-refractivity contribution in [1.82, 2.24) is 4.67 Å². The largest absolute Gasteiger partial charge is 0.416 e. The molecule has 0 spiro atoms. The molecule has 0 amide bonds. The molecule has 2 atom stereocenters. The van der Waals surface area contributed by atoms with E-state index in [9.17, 15) is 17.7 Å². The summed E-state index contributed by atoms with van der Waals surface area (Å²) in [5.41, 5.74) is 11.5. The Morgan fingerprint density at radius 2 is 1.85 bits per heavy atom. The van der Waals surface area contributed by atoms with Gasteiger partial charge in [-0.15, -0.1) is 11.3 Å². The van der Waals surface area contributed by atoms with Crippen LogP contribution in [0.15, 0.2) is 36.4 Å². The van der Waals surface area contributed by atoms with Gasteiger partial charge in [0.2, 0.25) is 0 Å². The maximum atomic E-state index is 13.6. The van der Waals surface area contributed by atoms with Crippen LogP contribution >= 0.6 is 19.3 Å². The maximum absolute atomic E-state index is 13.6. The fraction of sp³-hybridized carbons (Fsp3) is 0.467. The Balaban J connectivity index is 1.68. The van der Waals surface area contributed by atoms with Gasteiger partial charge in [0.25, 0.3) is 0 Å². The van der Waals surface area contributed by atoms with Crippen molar-refractivity contribution < 1.29 is 17.7 Å². The maximum Gasteiger partial charge on any atom is 0.416 e. The van der Waals surface area contributed by atoms with Crippen LogP contribution in [0.5, 0.6) is 0 Å². The number of thiophene rings is 1.